The first-order chi connectivity index (χ1) is 12.1. The summed E-state index contributed by atoms with van der Waals surface area (Å²) >= 11 is 5.71. The summed E-state index contributed by atoms with van der Waals surface area (Å²) in [5, 5.41) is 18.7. The van der Waals surface area contributed by atoms with Gasteiger partial charge in [-0.1, -0.05) is 17.7 Å². The number of halogens is 4. The van der Waals surface area contributed by atoms with Crippen LogP contribution in [0.1, 0.15) is 12.5 Å². The van der Waals surface area contributed by atoms with Gasteiger partial charge in [0.25, 0.3) is 0 Å². The average molecular weight is 388 g/mol. The number of aliphatic carboxylic acids is 1. The molecule has 3 N–H and O–H groups in total. The van der Waals surface area contributed by atoms with Crippen molar-refractivity contribution in [3.05, 3.63) is 51.4 Å². The lowest BCUT2D eigenvalue weighted by atomic mass is 10.0. The molecule has 1 aromatic carbocycles. The normalized spacial score (nSPS) is 16.2. The topological polar surface area (TPSA) is 94.8 Å². The lowest BCUT2D eigenvalue weighted by Gasteiger charge is -2.18. The van der Waals surface area contributed by atoms with Crippen molar-refractivity contribution in [2.24, 2.45) is 4.99 Å². The highest BCUT2D eigenvalue weighted by Gasteiger charge is 2.32. The van der Waals surface area contributed by atoms with Crippen LogP contribution in [0, 0.1) is 5.41 Å². The molecule has 0 amide bonds. The molecule has 0 atom stereocenters. The molecule has 0 saturated heterocycles. The van der Waals surface area contributed by atoms with E-state index in [-0.39, 0.29) is 22.8 Å². The van der Waals surface area contributed by atoms with Gasteiger partial charge >= 0.3 is 12.3 Å². The number of rotatable bonds is 5. The predicted molar refractivity (Wildman–Crippen MR) is 89.6 cm³/mol. The molecule has 0 fully saturated rings. The maximum absolute atomic E-state index is 12.4. The predicted octanol–water partition coefficient (Wildman–Crippen LogP) is 3.67. The third-order valence-electron chi connectivity index (χ3n) is 3.38. The zero-order chi connectivity index (χ0) is 19.5. The molecule has 0 aromatic heterocycles. The minimum absolute atomic E-state index is 0.00551. The van der Waals surface area contributed by atoms with Crippen molar-refractivity contribution in [3.63, 3.8) is 0 Å². The van der Waals surface area contributed by atoms with Crippen molar-refractivity contribution >= 4 is 30.0 Å². The van der Waals surface area contributed by atoms with Crippen LogP contribution in [0.25, 0.3) is 0 Å². The first-order valence-corrected chi connectivity index (χ1v) is 7.51. The molecule has 2 rings (SSSR count). The van der Waals surface area contributed by atoms with Crippen molar-refractivity contribution in [1.29, 1.82) is 5.41 Å². The molecule has 1 aliphatic rings. The van der Waals surface area contributed by atoms with Gasteiger partial charge < -0.3 is 20.6 Å². The highest BCUT2D eigenvalue weighted by Crippen LogP contribution is 2.31. The van der Waals surface area contributed by atoms with E-state index in [1.807, 2.05) is 0 Å². The van der Waals surface area contributed by atoms with Crippen molar-refractivity contribution in [2.75, 3.05) is 0 Å². The third kappa shape index (κ3) is 4.85. The molecular formula is C16H13ClF3N3O3. The lowest BCUT2D eigenvalue weighted by molar-refractivity contribution is -0.274. The summed E-state index contributed by atoms with van der Waals surface area (Å²) in [5.74, 6) is -1.80. The Balaban J connectivity index is 2.25. The Morgan fingerprint density at radius 3 is 2.69 bits per heavy atom. The number of ether oxygens (including phenoxy) is 1. The van der Waals surface area contributed by atoms with Crippen LogP contribution in [0.4, 0.5) is 13.2 Å². The minimum Gasteiger partial charge on any atom is -0.477 e. The smallest absolute Gasteiger partial charge is 0.477 e. The molecule has 0 unspecified atom stereocenters. The van der Waals surface area contributed by atoms with Crippen molar-refractivity contribution in [2.45, 2.75) is 19.7 Å². The van der Waals surface area contributed by atoms with Gasteiger partial charge in [-0.05, 0) is 30.2 Å². The summed E-state index contributed by atoms with van der Waals surface area (Å²) in [7, 11) is 0. The number of nitrogens with zero attached hydrogens (tertiary/aromatic N) is 1. The number of carbonyl (C=O) groups is 1. The Bertz CT molecular complexity index is 845. The summed E-state index contributed by atoms with van der Waals surface area (Å²) in [6.45, 7) is 1.66. The number of aliphatic imine (C=N–C) groups is 1. The summed E-state index contributed by atoms with van der Waals surface area (Å²) in [5.41, 5.74) is 1.37. The highest BCUT2D eigenvalue weighted by molar-refractivity contribution is 6.32. The number of alkyl halides is 3. The van der Waals surface area contributed by atoms with Crippen molar-refractivity contribution in [3.8, 4) is 5.75 Å². The van der Waals surface area contributed by atoms with Gasteiger partial charge in [-0.2, -0.15) is 0 Å². The van der Waals surface area contributed by atoms with Crippen LogP contribution in [-0.4, -0.2) is 29.9 Å². The zero-order valence-corrected chi connectivity index (χ0v) is 14.1. The molecule has 0 radical (unpaired) electrons. The molecule has 1 aliphatic heterocycles. The molecule has 0 aliphatic carbocycles. The second-order valence-electron chi connectivity index (χ2n) is 5.23. The number of benzene rings is 1. The van der Waals surface area contributed by atoms with E-state index in [0.29, 0.717) is 23.0 Å². The van der Waals surface area contributed by atoms with Gasteiger partial charge in [0.1, 0.15) is 17.1 Å². The van der Waals surface area contributed by atoms with E-state index in [0.717, 1.165) is 0 Å². The van der Waals surface area contributed by atoms with Gasteiger partial charge in [-0.25, -0.2) is 9.79 Å². The van der Waals surface area contributed by atoms with Crippen LogP contribution in [0.2, 0.25) is 5.02 Å². The van der Waals surface area contributed by atoms with Crippen LogP contribution < -0.4 is 10.1 Å². The summed E-state index contributed by atoms with van der Waals surface area (Å²) < 4.78 is 41.1. The average Bonchev–Trinajstić information content (AvgIpc) is 2.52. The minimum atomic E-state index is -4.86. The van der Waals surface area contributed by atoms with E-state index in [2.05, 4.69) is 15.0 Å². The molecule has 138 valence electrons. The van der Waals surface area contributed by atoms with E-state index in [1.165, 1.54) is 18.3 Å². The van der Waals surface area contributed by atoms with Gasteiger partial charge in [0.05, 0.1) is 5.02 Å². The van der Waals surface area contributed by atoms with Gasteiger partial charge in [-0.3, -0.25) is 0 Å². The standard InChI is InChI=1S/C16H13ClF3N3O3/c1-8-10(7-22-14(23-8)11(6-21)15(24)25)4-9-2-3-12(17)13(5-9)26-16(18,19)20/h2-3,5-7,21,23H,4H2,1H3,(H,24,25)/b14-11+,21-6?. The monoisotopic (exact) mass is 387 g/mol. The molecule has 10 heteroatoms. The lowest BCUT2D eigenvalue weighted by Crippen LogP contribution is -2.22. The number of carboxylic acid groups (broad SMARTS) is 1. The summed E-state index contributed by atoms with van der Waals surface area (Å²) in [6.07, 6.45) is -2.58. The molecule has 26 heavy (non-hydrogen) atoms. The second kappa shape index (κ2) is 7.61. The number of carboxylic acids is 1. The Hall–Kier alpha value is -2.81. The molecule has 1 heterocycles. The summed E-state index contributed by atoms with van der Waals surface area (Å²) in [4.78, 5) is 15.0. The molecule has 0 bridgehead atoms. The number of nitrogens with one attached hydrogen (secondary N) is 2. The number of hydrogen-bond acceptors (Lipinski definition) is 5. The number of hydrogen-bond donors (Lipinski definition) is 3. The van der Waals surface area contributed by atoms with E-state index < -0.39 is 18.1 Å². The van der Waals surface area contributed by atoms with Crippen LogP contribution in [0.15, 0.2) is 45.9 Å². The quantitative estimate of drug-likeness (QED) is 0.530. The Kier molecular flexibility index (Phi) is 5.71. The van der Waals surface area contributed by atoms with Gasteiger partial charge in [0.15, 0.2) is 0 Å². The van der Waals surface area contributed by atoms with Gasteiger partial charge in [-0.15, -0.1) is 13.2 Å². The molecule has 0 spiro atoms. The van der Waals surface area contributed by atoms with E-state index in [9.17, 15) is 18.0 Å². The zero-order valence-electron chi connectivity index (χ0n) is 13.3. The van der Waals surface area contributed by atoms with Crippen LogP contribution in [0.5, 0.6) is 5.75 Å². The van der Waals surface area contributed by atoms with Gasteiger partial charge in [0.2, 0.25) is 0 Å². The molecule has 1 aromatic rings. The number of allylic oxidation sites excluding steroid dienone is 2. The SMILES string of the molecule is CC1=C(Cc2ccc(Cl)c(OC(F)(F)F)c2)C=N/C(=C(/C=N)C(=O)O)N1. The van der Waals surface area contributed by atoms with E-state index >= 15 is 0 Å². The Morgan fingerprint density at radius 2 is 2.15 bits per heavy atom. The molecule has 0 saturated carbocycles. The third-order valence-corrected chi connectivity index (χ3v) is 3.70. The maximum atomic E-state index is 12.4. The van der Waals surface area contributed by atoms with Crippen molar-refractivity contribution in [1.82, 2.24) is 5.32 Å². The first-order valence-electron chi connectivity index (χ1n) is 7.13. The fourth-order valence-corrected chi connectivity index (χ4v) is 2.31. The first kappa shape index (κ1) is 19.5. The van der Waals surface area contributed by atoms with Crippen LogP contribution in [-0.2, 0) is 11.2 Å². The van der Waals surface area contributed by atoms with Crippen LogP contribution in [0.3, 0.4) is 0 Å². The maximum Gasteiger partial charge on any atom is 0.573 e. The molecule has 6 nitrogen and oxygen atoms in total. The van der Waals surface area contributed by atoms with E-state index in [1.54, 1.807) is 13.0 Å². The fourth-order valence-electron chi connectivity index (χ4n) is 2.16. The Labute approximate surface area is 151 Å². The van der Waals surface area contributed by atoms with E-state index in [4.69, 9.17) is 22.1 Å². The Morgan fingerprint density at radius 1 is 1.46 bits per heavy atom. The van der Waals surface area contributed by atoms with Gasteiger partial charge in [0, 0.05) is 24.5 Å². The second-order valence-corrected chi connectivity index (χ2v) is 5.64. The fraction of sp³-hybridized carbons (Fsp3) is 0.188. The molecular weight excluding hydrogens is 375 g/mol. The van der Waals surface area contributed by atoms with Crippen LogP contribution >= 0.6 is 11.6 Å². The van der Waals surface area contributed by atoms with Crippen molar-refractivity contribution < 1.29 is 27.8 Å². The summed E-state index contributed by atoms with van der Waals surface area (Å²) in [6, 6.07) is 4.02. The largest absolute Gasteiger partial charge is 0.573 e. The highest BCUT2D eigenvalue weighted by atomic mass is 35.5.